The number of nitrogens with two attached hydrogens (primary N) is 1. The molecule has 0 unspecified atom stereocenters. The van der Waals surface area contributed by atoms with Crippen molar-refractivity contribution in [3.05, 3.63) is 18.0 Å². The number of nitrogens with zero attached hydrogens (tertiary/aromatic N) is 2. The van der Waals surface area contributed by atoms with Crippen molar-refractivity contribution in [2.75, 3.05) is 13.2 Å². The molecule has 2 fully saturated rings. The topological polar surface area (TPSA) is 53.1 Å². The van der Waals surface area contributed by atoms with E-state index < -0.39 is 0 Å². The Labute approximate surface area is 108 Å². The van der Waals surface area contributed by atoms with Gasteiger partial charge >= 0.3 is 0 Å². The third-order valence-electron chi connectivity index (χ3n) is 4.38. The molecule has 0 amide bonds. The minimum atomic E-state index is -0.104. The average molecular weight is 249 g/mol. The van der Waals surface area contributed by atoms with E-state index in [4.69, 9.17) is 15.6 Å². The van der Waals surface area contributed by atoms with Gasteiger partial charge in [0, 0.05) is 31.4 Å². The molecular formula is C14H23N3O. The van der Waals surface area contributed by atoms with Gasteiger partial charge in [-0.3, -0.25) is 4.68 Å². The van der Waals surface area contributed by atoms with Crippen LogP contribution in [0.1, 0.15) is 50.3 Å². The Hall–Kier alpha value is -0.870. The summed E-state index contributed by atoms with van der Waals surface area (Å²) in [5.74, 6) is 0. The minimum Gasteiger partial charge on any atom is -0.381 e. The van der Waals surface area contributed by atoms with Crippen molar-refractivity contribution >= 4 is 0 Å². The van der Waals surface area contributed by atoms with E-state index in [0.717, 1.165) is 38.2 Å². The van der Waals surface area contributed by atoms with Crippen LogP contribution in [0, 0.1) is 0 Å². The van der Waals surface area contributed by atoms with Crippen LogP contribution >= 0.6 is 0 Å². The summed E-state index contributed by atoms with van der Waals surface area (Å²) < 4.78 is 7.54. The van der Waals surface area contributed by atoms with Gasteiger partial charge in [-0.1, -0.05) is 12.8 Å². The van der Waals surface area contributed by atoms with Gasteiger partial charge in [0.25, 0.3) is 0 Å². The van der Waals surface area contributed by atoms with Crippen molar-refractivity contribution in [1.82, 2.24) is 9.78 Å². The van der Waals surface area contributed by atoms with Crippen LogP contribution in [-0.2, 0) is 11.2 Å². The highest BCUT2D eigenvalue weighted by Gasteiger charge is 2.29. The van der Waals surface area contributed by atoms with E-state index in [1.165, 1.54) is 25.7 Å². The molecule has 1 aliphatic carbocycles. The summed E-state index contributed by atoms with van der Waals surface area (Å²) >= 11 is 0. The first-order valence-electron chi connectivity index (χ1n) is 7.16. The van der Waals surface area contributed by atoms with E-state index in [1.54, 1.807) is 0 Å². The lowest BCUT2D eigenvalue weighted by Crippen LogP contribution is -2.47. The number of hydrogen-bond donors (Lipinski definition) is 1. The van der Waals surface area contributed by atoms with Gasteiger partial charge in [-0.05, 0) is 31.7 Å². The summed E-state index contributed by atoms with van der Waals surface area (Å²) in [6.45, 7) is 1.58. The standard InChI is InChI=1S/C14H23N3O/c15-14(6-9-18-10-7-14)11-12-5-8-17(16-12)13-3-1-2-4-13/h5,8,13H,1-4,6-7,9-11,15H2. The largest absolute Gasteiger partial charge is 0.381 e. The van der Waals surface area contributed by atoms with Crippen LogP contribution in [0.2, 0.25) is 0 Å². The zero-order valence-electron chi connectivity index (χ0n) is 11.0. The van der Waals surface area contributed by atoms with Crippen LogP contribution in [0.25, 0.3) is 0 Å². The van der Waals surface area contributed by atoms with Gasteiger partial charge in [-0.25, -0.2) is 0 Å². The second kappa shape index (κ2) is 5.02. The van der Waals surface area contributed by atoms with Gasteiger partial charge in [-0.2, -0.15) is 5.10 Å². The minimum absolute atomic E-state index is 0.104. The molecule has 18 heavy (non-hydrogen) atoms. The Morgan fingerprint density at radius 1 is 1.33 bits per heavy atom. The summed E-state index contributed by atoms with van der Waals surface area (Å²) in [6, 6.07) is 2.77. The highest BCUT2D eigenvalue weighted by atomic mass is 16.5. The predicted molar refractivity (Wildman–Crippen MR) is 70.4 cm³/mol. The van der Waals surface area contributed by atoms with E-state index in [1.807, 2.05) is 0 Å². The molecule has 1 aromatic rings. The highest BCUT2D eigenvalue weighted by Crippen LogP contribution is 2.29. The van der Waals surface area contributed by atoms with Crippen molar-refractivity contribution in [2.45, 2.75) is 56.5 Å². The maximum Gasteiger partial charge on any atom is 0.0643 e. The average Bonchev–Trinajstić information content (AvgIpc) is 2.99. The van der Waals surface area contributed by atoms with Crippen LogP contribution < -0.4 is 5.73 Å². The fourth-order valence-corrected chi connectivity index (χ4v) is 3.16. The fourth-order valence-electron chi connectivity index (χ4n) is 3.16. The molecule has 2 N–H and O–H groups in total. The molecule has 1 saturated carbocycles. The van der Waals surface area contributed by atoms with Gasteiger partial charge in [0.05, 0.1) is 11.7 Å². The van der Waals surface area contributed by atoms with Crippen molar-refractivity contribution < 1.29 is 4.74 Å². The Kier molecular flexibility index (Phi) is 3.39. The smallest absolute Gasteiger partial charge is 0.0643 e. The van der Waals surface area contributed by atoms with Crippen LogP contribution in [0.15, 0.2) is 12.3 Å². The Balaban J connectivity index is 1.65. The van der Waals surface area contributed by atoms with Gasteiger partial charge < -0.3 is 10.5 Å². The van der Waals surface area contributed by atoms with E-state index in [9.17, 15) is 0 Å². The summed E-state index contributed by atoms with van der Waals surface area (Å²) in [5.41, 5.74) is 7.47. The van der Waals surface area contributed by atoms with Crippen LogP contribution in [0.4, 0.5) is 0 Å². The van der Waals surface area contributed by atoms with E-state index >= 15 is 0 Å². The molecule has 0 aromatic carbocycles. The number of aromatic nitrogens is 2. The summed E-state index contributed by atoms with van der Waals surface area (Å²) in [4.78, 5) is 0. The van der Waals surface area contributed by atoms with E-state index in [2.05, 4.69) is 16.9 Å². The lowest BCUT2D eigenvalue weighted by atomic mass is 9.87. The van der Waals surface area contributed by atoms with Gasteiger partial charge in [0.2, 0.25) is 0 Å². The summed E-state index contributed by atoms with van der Waals surface area (Å²) in [6.07, 6.45) is 10.2. The highest BCUT2D eigenvalue weighted by molar-refractivity contribution is 5.07. The number of rotatable bonds is 3. The summed E-state index contributed by atoms with van der Waals surface area (Å²) in [7, 11) is 0. The fraction of sp³-hybridized carbons (Fsp3) is 0.786. The first kappa shape index (κ1) is 12.2. The molecule has 1 aliphatic heterocycles. The van der Waals surface area contributed by atoms with Gasteiger partial charge in [0.1, 0.15) is 0 Å². The molecule has 0 bridgehead atoms. The Morgan fingerprint density at radius 2 is 2.06 bits per heavy atom. The molecule has 100 valence electrons. The third kappa shape index (κ3) is 2.59. The molecule has 1 saturated heterocycles. The second-order valence-electron chi connectivity index (χ2n) is 5.88. The van der Waals surface area contributed by atoms with Crippen molar-refractivity contribution in [1.29, 1.82) is 0 Å². The number of hydrogen-bond acceptors (Lipinski definition) is 3. The Bertz CT molecular complexity index is 389. The van der Waals surface area contributed by atoms with Gasteiger partial charge in [0.15, 0.2) is 0 Å². The molecule has 4 nitrogen and oxygen atoms in total. The molecule has 0 atom stereocenters. The Morgan fingerprint density at radius 3 is 2.78 bits per heavy atom. The van der Waals surface area contributed by atoms with Crippen LogP contribution in [0.3, 0.4) is 0 Å². The van der Waals surface area contributed by atoms with E-state index in [0.29, 0.717) is 6.04 Å². The van der Waals surface area contributed by atoms with Crippen molar-refractivity contribution in [3.63, 3.8) is 0 Å². The SMILES string of the molecule is NC1(Cc2ccn(C3CCCC3)n2)CCOCC1. The molecule has 2 aliphatic rings. The molecule has 4 heteroatoms. The monoisotopic (exact) mass is 249 g/mol. The van der Waals surface area contributed by atoms with Gasteiger partial charge in [-0.15, -0.1) is 0 Å². The van der Waals surface area contributed by atoms with E-state index in [-0.39, 0.29) is 5.54 Å². The maximum absolute atomic E-state index is 6.42. The quantitative estimate of drug-likeness (QED) is 0.892. The predicted octanol–water partition coefficient (Wildman–Crippen LogP) is 2.05. The summed E-state index contributed by atoms with van der Waals surface area (Å²) in [5, 5.41) is 4.73. The molecule has 3 rings (SSSR count). The molecule has 0 spiro atoms. The first-order chi connectivity index (χ1) is 8.75. The first-order valence-corrected chi connectivity index (χ1v) is 7.16. The maximum atomic E-state index is 6.42. The zero-order chi connectivity index (χ0) is 12.4. The lowest BCUT2D eigenvalue weighted by molar-refractivity contribution is 0.0530. The normalized spacial score (nSPS) is 24.5. The zero-order valence-corrected chi connectivity index (χ0v) is 11.0. The van der Waals surface area contributed by atoms with Crippen LogP contribution in [0.5, 0.6) is 0 Å². The lowest BCUT2D eigenvalue weighted by Gasteiger charge is -2.32. The third-order valence-corrected chi connectivity index (χ3v) is 4.38. The van der Waals surface area contributed by atoms with Crippen LogP contribution in [-0.4, -0.2) is 28.5 Å². The molecular weight excluding hydrogens is 226 g/mol. The molecule has 1 aromatic heterocycles. The van der Waals surface area contributed by atoms with Crippen molar-refractivity contribution in [2.24, 2.45) is 5.73 Å². The molecule has 0 radical (unpaired) electrons. The molecule has 2 heterocycles. The second-order valence-corrected chi connectivity index (χ2v) is 5.88. The van der Waals surface area contributed by atoms with Crippen molar-refractivity contribution in [3.8, 4) is 0 Å². The number of ether oxygens (including phenoxy) is 1.